The van der Waals surface area contributed by atoms with Gasteiger partial charge < -0.3 is 9.47 Å². The Labute approximate surface area is 81.1 Å². The molecule has 0 N–H and O–H groups in total. The molecule has 0 aromatic heterocycles. The van der Waals surface area contributed by atoms with Crippen LogP contribution in [0.2, 0.25) is 0 Å². The second-order valence-corrected chi connectivity index (χ2v) is 2.90. The molecule has 1 rings (SSSR count). The molecule has 3 atom stereocenters. The summed E-state index contributed by atoms with van der Waals surface area (Å²) in [6, 6.07) is 0. The Kier molecular flexibility index (Phi) is 3.50. The van der Waals surface area contributed by atoms with Crippen molar-refractivity contribution in [3.63, 3.8) is 0 Å². The number of ether oxygens (including phenoxy) is 2. The van der Waals surface area contributed by atoms with E-state index in [1.54, 1.807) is 19.1 Å². The van der Waals surface area contributed by atoms with E-state index < -0.39 is 12.3 Å². The highest BCUT2D eigenvalue weighted by Gasteiger charge is 2.24. The molecular weight excluding hydrogens is 186 g/mol. The molecule has 6 heteroatoms. The monoisotopic (exact) mass is 197 g/mol. The maximum Gasteiger partial charge on any atom is 0.303 e. The van der Waals surface area contributed by atoms with Gasteiger partial charge in [0.1, 0.15) is 6.10 Å². The first-order chi connectivity index (χ1) is 6.63. The number of carbonyl (C=O) groups excluding carboxylic acids is 1. The molecule has 0 spiro atoms. The lowest BCUT2D eigenvalue weighted by atomic mass is 10.1. The van der Waals surface area contributed by atoms with Crippen LogP contribution in [0.5, 0.6) is 0 Å². The van der Waals surface area contributed by atoms with Crippen LogP contribution in [0.25, 0.3) is 10.4 Å². The molecule has 0 aromatic rings. The molecule has 0 bridgehead atoms. The van der Waals surface area contributed by atoms with Crippen molar-refractivity contribution in [1.29, 1.82) is 0 Å². The highest BCUT2D eigenvalue weighted by Crippen LogP contribution is 2.16. The maximum atomic E-state index is 10.7. The highest BCUT2D eigenvalue weighted by atomic mass is 16.6. The van der Waals surface area contributed by atoms with Crippen molar-refractivity contribution in [2.45, 2.75) is 32.3 Å². The molecule has 1 heterocycles. The molecule has 0 amide bonds. The first kappa shape index (κ1) is 10.6. The van der Waals surface area contributed by atoms with Gasteiger partial charge in [-0.05, 0) is 18.5 Å². The first-order valence-corrected chi connectivity index (χ1v) is 4.18. The fourth-order valence-electron chi connectivity index (χ4n) is 1.15. The van der Waals surface area contributed by atoms with Crippen LogP contribution in [0, 0.1) is 0 Å². The van der Waals surface area contributed by atoms with Crippen LogP contribution >= 0.6 is 0 Å². The van der Waals surface area contributed by atoms with E-state index in [1.165, 1.54) is 6.92 Å². The Balaban J connectivity index is 2.62. The average molecular weight is 197 g/mol. The molecule has 0 saturated carbocycles. The van der Waals surface area contributed by atoms with Crippen molar-refractivity contribution < 1.29 is 14.3 Å². The van der Waals surface area contributed by atoms with E-state index in [0.29, 0.717) is 0 Å². The summed E-state index contributed by atoms with van der Waals surface area (Å²) < 4.78 is 10.2. The Bertz CT molecular complexity index is 296. The predicted molar refractivity (Wildman–Crippen MR) is 48.2 cm³/mol. The first-order valence-electron chi connectivity index (χ1n) is 4.18. The summed E-state index contributed by atoms with van der Waals surface area (Å²) in [6.45, 7) is 3.08. The van der Waals surface area contributed by atoms with Crippen LogP contribution in [-0.4, -0.2) is 24.4 Å². The molecule has 1 aliphatic rings. The van der Waals surface area contributed by atoms with E-state index in [2.05, 4.69) is 10.0 Å². The number of esters is 1. The predicted octanol–water partition coefficient (Wildman–Crippen LogP) is 1.53. The number of hydrogen-bond acceptors (Lipinski definition) is 4. The van der Waals surface area contributed by atoms with Gasteiger partial charge in [-0.3, -0.25) is 4.79 Å². The molecule has 6 nitrogen and oxygen atoms in total. The minimum atomic E-state index is -0.609. The van der Waals surface area contributed by atoms with Crippen LogP contribution in [0.4, 0.5) is 0 Å². The normalized spacial score (nSPS) is 30.6. The third kappa shape index (κ3) is 2.76. The van der Waals surface area contributed by atoms with Gasteiger partial charge in [0.15, 0.2) is 6.23 Å². The smallest absolute Gasteiger partial charge is 0.303 e. The van der Waals surface area contributed by atoms with Gasteiger partial charge in [0.05, 0.1) is 6.10 Å². The number of nitrogens with zero attached hydrogens (tertiary/aromatic N) is 3. The van der Waals surface area contributed by atoms with Gasteiger partial charge in [-0.1, -0.05) is 11.2 Å². The van der Waals surface area contributed by atoms with Crippen molar-refractivity contribution in [1.82, 2.24) is 0 Å². The van der Waals surface area contributed by atoms with Crippen molar-refractivity contribution >= 4 is 5.97 Å². The standard InChI is InChI=1S/C8H11N3O3/c1-5-7(14-6(2)12)3-4-8(13-5)10-11-9/h3-5,7-8H,1-2H3/t5-,7-,8+/m1/s1. The number of carbonyl (C=O) groups is 1. The molecule has 76 valence electrons. The third-order valence-corrected chi connectivity index (χ3v) is 1.75. The zero-order chi connectivity index (χ0) is 10.6. The summed E-state index contributed by atoms with van der Waals surface area (Å²) in [4.78, 5) is 13.3. The van der Waals surface area contributed by atoms with Gasteiger partial charge >= 0.3 is 5.97 Å². The average Bonchev–Trinajstić information content (AvgIpc) is 2.10. The fourth-order valence-corrected chi connectivity index (χ4v) is 1.15. The molecule has 0 radical (unpaired) electrons. The second kappa shape index (κ2) is 4.64. The summed E-state index contributed by atoms with van der Waals surface area (Å²) in [7, 11) is 0. The Morgan fingerprint density at radius 2 is 2.36 bits per heavy atom. The Morgan fingerprint density at radius 1 is 1.64 bits per heavy atom. The lowest BCUT2D eigenvalue weighted by Gasteiger charge is -2.27. The van der Waals surface area contributed by atoms with Gasteiger partial charge in [-0.15, -0.1) is 0 Å². The summed E-state index contributed by atoms with van der Waals surface area (Å²) >= 11 is 0. The molecular formula is C8H11N3O3. The minimum Gasteiger partial charge on any atom is -0.456 e. The Morgan fingerprint density at radius 3 is 2.86 bits per heavy atom. The topological polar surface area (TPSA) is 84.3 Å². The van der Waals surface area contributed by atoms with E-state index in [9.17, 15) is 4.79 Å². The van der Waals surface area contributed by atoms with Crippen LogP contribution in [0.15, 0.2) is 17.3 Å². The maximum absolute atomic E-state index is 10.7. The molecule has 1 aliphatic heterocycles. The van der Waals surface area contributed by atoms with E-state index in [4.69, 9.17) is 15.0 Å². The van der Waals surface area contributed by atoms with E-state index in [1.807, 2.05) is 0 Å². The number of rotatable bonds is 2. The minimum absolute atomic E-state index is 0.306. The van der Waals surface area contributed by atoms with Gasteiger partial charge in [0, 0.05) is 11.8 Å². The molecule has 0 saturated heterocycles. The van der Waals surface area contributed by atoms with Gasteiger partial charge in [-0.2, -0.15) is 0 Å². The van der Waals surface area contributed by atoms with E-state index >= 15 is 0 Å². The van der Waals surface area contributed by atoms with Gasteiger partial charge in [-0.25, -0.2) is 0 Å². The highest BCUT2D eigenvalue weighted by molar-refractivity contribution is 5.66. The van der Waals surface area contributed by atoms with Crippen molar-refractivity contribution in [3.05, 3.63) is 22.6 Å². The van der Waals surface area contributed by atoms with E-state index in [0.717, 1.165) is 0 Å². The van der Waals surface area contributed by atoms with E-state index in [-0.39, 0.29) is 12.1 Å². The summed E-state index contributed by atoms with van der Waals surface area (Å²) in [6.07, 6.45) is 1.90. The van der Waals surface area contributed by atoms with Crippen LogP contribution in [0.3, 0.4) is 0 Å². The SMILES string of the molecule is CC(=O)O[C@@H]1C=C[C@@H](N=[N+]=[N-])O[C@@H]1C. The quantitative estimate of drug-likeness (QED) is 0.221. The summed E-state index contributed by atoms with van der Waals surface area (Å²) in [5.41, 5.74) is 8.18. The van der Waals surface area contributed by atoms with Crippen molar-refractivity contribution in [3.8, 4) is 0 Å². The van der Waals surface area contributed by atoms with Crippen LogP contribution in [-0.2, 0) is 14.3 Å². The second-order valence-electron chi connectivity index (χ2n) is 2.90. The summed E-state index contributed by atoms with van der Waals surface area (Å²) in [5, 5.41) is 3.38. The Hall–Kier alpha value is -1.52. The lowest BCUT2D eigenvalue weighted by Crippen LogP contribution is -2.35. The molecule has 0 aromatic carbocycles. The zero-order valence-electron chi connectivity index (χ0n) is 7.95. The van der Waals surface area contributed by atoms with Gasteiger partial charge in [0.25, 0.3) is 0 Å². The summed E-state index contributed by atoms with van der Waals surface area (Å²) in [5.74, 6) is -0.364. The number of hydrogen-bond donors (Lipinski definition) is 0. The largest absolute Gasteiger partial charge is 0.456 e. The molecule has 0 aliphatic carbocycles. The zero-order valence-corrected chi connectivity index (χ0v) is 7.95. The molecule has 0 fully saturated rings. The van der Waals surface area contributed by atoms with Crippen molar-refractivity contribution in [2.24, 2.45) is 5.11 Å². The van der Waals surface area contributed by atoms with Crippen molar-refractivity contribution in [2.75, 3.05) is 0 Å². The third-order valence-electron chi connectivity index (χ3n) is 1.75. The molecule has 0 unspecified atom stereocenters. The number of azide groups is 1. The van der Waals surface area contributed by atoms with Gasteiger partial charge in [0.2, 0.25) is 0 Å². The fraction of sp³-hybridized carbons (Fsp3) is 0.625. The lowest BCUT2D eigenvalue weighted by molar-refractivity contribution is -0.152. The molecule has 14 heavy (non-hydrogen) atoms. The van der Waals surface area contributed by atoms with Crippen LogP contribution < -0.4 is 0 Å². The van der Waals surface area contributed by atoms with Crippen LogP contribution in [0.1, 0.15) is 13.8 Å².